The first kappa shape index (κ1) is 15.7. The van der Waals surface area contributed by atoms with Crippen LogP contribution in [0.1, 0.15) is 10.4 Å². The average Bonchev–Trinajstić information content (AvgIpc) is 2.35. The SMILES string of the molecule is COCCN(C)CCNC(=O)c1cc(N)nc(Cl)c1. The van der Waals surface area contributed by atoms with Gasteiger partial charge in [0.25, 0.3) is 5.91 Å². The number of nitrogen functional groups attached to an aromatic ring is 1. The van der Waals surface area contributed by atoms with E-state index >= 15 is 0 Å². The van der Waals surface area contributed by atoms with E-state index < -0.39 is 0 Å². The van der Waals surface area contributed by atoms with Crippen molar-refractivity contribution in [2.75, 3.05) is 46.1 Å². The Labute approximate surface area is 117 Å². The number of halogens is 1. The molecule has 1 amide bonds. The van der Waals surface area contributed by atoms with Gasteiger partial charge in [0.2, 0.25) is 0 Å². The molecule has 19 heavy (non-hydrogen) atoms. The molecule has 0 spiro atoms. The number of carbonyl (C=O) groups excluding carboxylic acids is 1. The van der Waals surface area contributed by atoms with E-state index in [9.17, 15) is 4.79 Å². The molecule has 0 radical (unpaired) electrons. The first-order valence-electron chi connectivity index (χ1n) is 5.91. The summed E-state index contributed by atoms with van der Waals surface area (Å²) in [5.74, 6) is 0.0194. The lowest BCUT2D eigenvalue weighted by atomic mass is 10.2. The number of amides is 1. The second-order valence-electron chi connectivity index (χ2n) is 4.16. The van der Waals surface area contributed by atoms with Crippen molar-refractivity contribution in [3.63, 3.8) is 0 Å². The Hall–Kier alpha value is -1.37. The predicted octanol–water partition coefficient (Wildman–Crippen LogP) is 0.625. The number of rotatable bonds is 7. The van der Waals surface area contributed by atoms with Crippen molar-refractivity contribution in [3.05, 3.63) is 22.8 Å². The lowest BCUT2D eigenvalue weighted by Crippen LogP contribution is -2.34. The average molecular weight is 287 g/mol. The van der Waals surface area contributed by atoms with E-state index in [4.69, 9.17) is 22.1 Å². The minimum atomic E-state index is -0.212. The number of nitrogens with one attached hydrogen (secondary N) is 1. The zero-order valence-electron chi connectivity index (χ0n) is 11.1. The Morgan fingerprint density at radius 2 is 2.26 bits per heavy atom. The summed E-state index contributed by atoms with van der Waals surface area (Å²) in [4.78, 5) is 17.7. The summed E-state index contributed by atoms with van der Waals surface area (Å²) in [5, 5.41) is 3.01. The van der Waals surface area contributed by atoms with E-state index in [2.05, 4.69) is 15.2 Å². The molecule has 0 aliphatic rings. The highest BCUT2D eigenvalue weighted by molar-refractivity contribution is 6.29. The van der Waals surface area contributed by atoms with Gasteiger partial charge in [-0.2, -0.15) is 0 Å². The van der Waals surface area contributed by atoms with E-state index in [1.807, 2.05) is 7.05 Å². The van der Waals surface area contributed by atoms with Crippen LogP contribution in [0.4, 0.5) is 5.82 Å². The first-order chi connectivity index (χ1) is 9.02. The molecular weight excluding hydrogens is 268 g/mol. The highest BCUT2D eigenvalue weighted by Crippen LogP contribution is 2.11. The summed E-state index contributed by atoms with van der Waals surface area (Å²) < 4.78 is 4.97. The maximum absolute atomic E-state index is 11.8. The van der Waals surface area contributed by atoms with Gasteiger partial charge in [-0.05, 0) is 19.2 Å². The van der Waals surface area contributed by atoms with Crippen molar-refractivity contribution in [2.45, 2.75) is 0 Å². The maximum atomic E-state index is 11.8. The molecule has 106 valence electrons. The summed E-state index contributed by atoms with van der Waals surface area (Å²) in [5.41, 5.74) is 5.95. The molecule has 1 aromatic heterocycles. The monoisotopic (exact) mass is 286 g/mol. The zero-order chi connectivity index (χ0) is 14.3. The van der Waals surface area contributed by atoms with Gasteiger partial charge in [-0.25, -0.2) is 4.98 Å². The molecule has 0 saturated carbocycles. The van der Waals surface area contributed by atoms with Crippen LogP contribution in [0.25, 0.3) is 0 Å². The van der Waals surface area contributed by atoms with E-state index in [1.165, 1.54) is 12.1 Å². The van der Waals surface area contributed by atoms with Gasteiger partial charge in [0.05, 0.1) is 6.61 Å². The number of carbonyl (C=O) groups is 1. The summed E-state index contributed by atoms with van der Waals surface area (Å²) in [6, 6.07) is 2.98. The van der Waals surface area contributed by atoms with Crippen LogP contribution >= 0.6 is 11.6 Å². The van der Waals surface area contributed by atoms with Gasteiger partial charge in [-0.3, -0.25) is 4.79 Å². The van der Waals surface area contributed by atoms with Crippen LogP contribution in [0.3, 0.4) is 0 Å². The third-order valence-electron chi connectivity index (χ3n) is 2.53. The first-order valence-corrected chi connectivity index (χ1v) is 6.29. The molecular formula is C12H19ClN4O2. The Morgan fingerprint density at radius 1 is 1.53 bits per heavy atom. The van der Waals surface area contributed by atoms with Crippen LogP contribution in [-0.2, 0) is 4.74 Å². The molecule has 6 nitrogen and oxygen atoms in total. The number of nitrogens with two attached hydrogens (primary N) is 1. The van der Waals surface area contributed by atoms with Gasteiger partial charge in [0.15, 0.2) is 0 Å². The number of pyridine rings is 1. The van der Waals surface area contributed by atoms with Crippen LogP contribution in [0.5, 0.6) is 0 Å². The van der Waals surface area contributed by atoms with Crippen LogP contribution in [0.15, 0.2) is 12.1 Å². The number of methoxy groups -OCH3 is 1. The molecule has 1 aromatic rings. The molecule has 0 atom stereocenters. The summed E-state index contributed by atoms with van der Waals surface area (Å²) in [7, 11) is 3.62. The van der Waals surface area contributed by atoms with Gasteiger partial charge in [0, 0.05) is 32.3 Å². The Morgan fingerprint density at radius 3 is 2.89 bits per heavy atom. The Kier molecular flexibility index (Phi) is 6.55. The zero-order valence-corrected chi connectivity index (χ0v) is 11.9. The predicted molar refractivity (Wildman–Crippen MR) is 75.4 cm³/mol. The number of ether oxygens (including phenoxy) is 1. The molecule has 0 aliphatic heterocycles. The highest BCUT2D eigenvalue weighted by atomic mass is 35.5. The lowest BCUT2D eigenvalue weighted by molar-refractivity contribution is 0.0947. The molecule has 0 aliphatic carbocycles. The molecule has 7 heteroatoms. The van der Waals surface area contributed by atoms with Crippen LogP contribution in [0.2, 0.25) is 5.15 Å². The largest absolute Gasteiger partial charge is 0.384 e. The van der Waals surface area contributed by atoms with Gasteiger partial charge < -0.3 is 20.7 Å². The number of anilines is 1. The van der Waals surface area contributed by atoms with E-state index in [1.54, 1.807) is 7.11 Å². The van der Waals surface area contributed by atoms with Crippen molar-refractivity contribution in [2.24, 2.45) is 0 Å². The van der Waals surface area contributed by atoms with Crippen LogP contribution < -0.4 is 11.1 Å². The van der Waals surface area contributed by atoms with Crippen molar-refractivity contribution < 1.29 is 9.53 Å². The normalized spacial score (nSPS) is 10.7. The topological polar surface area (TPSA) is 80.5 Å². The van der Waals surface area contributed by atoms with E-state index in [-0.39, 0.29) is 16.9 Å². The minimum absolute atomic E-state index is 0.211. The number of nitrogens with zero attached hydrogens (tertiary/aromatic N) is 2. The van der Waals surface area contributed by atoms with Gasteiger partial charge >= 0.3 is 0 Å². The third kappa shape index (κ3) is 5.87. The number of hydrogen-bond acceptors (Lipinski definition) is 5. The van der Waals surface area contributed by atoms with Crippen molar-refractivity contribution in [3.8, 4) is 0 Å². The fraction of sp³-hybridized carbons (Fsp3) is 0.500. The van der Waals surface area contributed by atoms with Gasteiger partial charge in [-0.1, -0.05) is 11.6 Å². The van der Waals surface area contributed by atoms with E-state index in [0.717, 1.165) is 13.1 Å². The van der Waals surface area contributed by atoms with Crippen LogP contribution in [-0.4, -0.2) is 56.2 Å². The summed E-state index contributed by atoms with van der Waals surface area (Å²) in [6.45, 7) is 2.77. The van der Waals surface area contributed by atoms with Crippen molar-refractivity contribution in [1.29, 1.82) is 0 Å². The maximum Gasteiger partial charge on any atom is 0.251 e. The molecule has 0 fully saturated rings. The smallest absolute Gasteiger partial charge is 0.251 e. The number of hydrogen-bond donors (Lipinski definition) is 2. The number of likely N-dealkylation sites (N-methyl/N-ethyl adjacent to an activating group) is 1. The van der Waals surface area contributed by atoms with E-state index in [0.29, 0.717) is 18.7 Å². The molecule has 1 heterocycles. The Balaban J connectivity index is 2.39. The highest BCUT2D eigenvalue weighted by Gasteiger charge is 2.08. The molecule has 0 aromatic carbocycles. The molecule has 3 N–H and O–H groups in total. The van der Waals surface area contributed by atoms with Crippen LogP contribution in [0, 0.1) is 0 Å². The molecule has 1 rings (SSSR count). The Bertz CT molecular complexity index is 408. The van der Waals surface area contributed by atoms with Gasteiger partial charge in [-0.15, -0.1) is 0 Å². The fourth-order valence-corrected chi connectivity index (χ4v) is 1.68. The van der Waals surface area contributed by atoms with Crippen molar-refractivity contribution in [1.82, 2.24) is 15.2 Å². The third-order valence-corrected chi connectivity index (χ3v) is 2.73. The second kappa shape index (κ2) is 7.93. The molecule has 0 unspecified atom stereocenters. The fourth-order valence-electron chi connectivity index (χ4n) is 1.47. The summed E-state index contributed by atoms with van der Waals surface area (Å²) in [6.07, 6.45) is 0. The standard InChI is InChI=1S/C12H19ClN4O2/c1-17(5-6-19-2)4-3-15-12(18)9-7-10(13)16-11(14)8-9/h7-8H,3-6H2,1-2H3,(H2,14,16)(H,15,18). The number of aromatic nitrogens is 1. The minimum Gasteiger partial charge on any atom is -0.384 e. The van der Waals surface area contributed by atoms with Gasteiger partial charge in [0.1, 0.15) is 11.0 Å². The molecule has 0 saturated heterocycles. The molecule has 0 bridgehead atoms. The second-order valence-corrected chi connectivity index (χ2v) is 4.54. The quantitative estimate of drug-likeness (QED) is 0.719. The van der Waals surface area contributed by atoms with Crippen molar-refractivity contribution >= 4 is 23.3 Å². The lowest BCUT2D eigenvalue weighted by Gasteiger charge is -2.16. The summed E-state index contributed by atoms with van der Waals surface area (Å²) >= 11 is 5.74.